The van der Waals surface area contributed by atoms with Crippen molar-refractivity contribution in [1.82, 2.24) is 10.3 Å². The second kappa shape index (κ2) is 11.8. The third kappa shape index (κ3) is 6.48. The van der Waals surface area contributed by atoms with Crippen LogP contribution in [0, 0.1) is 0 Å². The SMILES string of the molecule is C/C=N/c1cc(OC)c(OCCOC)cc1/C(=N\C)NCc1cccc(C(F)(F)C(C)(C)O)n1. The van der Waals surface area contributed by atoms with Crippen LogP contribution in [0.3, 0.4) is 0 Å². The number of nitrogens with zero attached hydrogens (tertiary/aromatic N) is 3. The number of hydrogen-bond donors (Lipinski definition) is 2. The number of aliphatic hydroxyl groups is 1. The Morgan fingerprint density at radius 2 is 1.91 bits per heavy atom. The van der Waals surface area contributed by atoms with Gasteiger partial charge in [-0.15, -0.1) is 0 Å². The average Bonchev–Trinajstić information content (AvgIpc) is 2.80. The highest BCUT2D eigenvalue weighted by Crippen LogP contribution is 2.38. The lowest BCUT2D eigenvalue weighted by atomic mass is 9.97. The van der Waals surface area contributed by atoms with Crippen LogP contribution in [0.5, 0.6) is 11.5 Å². The third-order valence-corrected chi connectivity index (χ3v) is 4.91. The van der Waals surface area contributed by atoms with E-state index in [-0.39, 0.29) is 6.54 Å². The quantitative estimate of drug-likeness (QED) is 0.289. The summed E-state index contributed by atoms with van der Waals surface area (Å²) < 4.78 is 45.3. The first kappa shape index (κ1) is 27.1. The standard InChI is InChI=1S/C24H32F2N4O4/c1-7-28-18-14-19(33-6)20(34-12-11-32-5)13-17(18)22(27-4)29-15-16-9-8-10-21(30-16)24(25,26)23(2,3)31/h7-10,13-14,31H,11-12,15H2,1-6H3,(H,27,29)/b28-7+. The molecule has 2 rings (SSSR count). The average molecular weight is 479 g/mol. The molecule has 0 saturated carbocycles. The van der Waals surface area contributed by atoms with Crippen molar-refractivity contribution in [2.75, 3.05) is 34.5 Å². The molecule has 0 fully saturated rings. The van der Waals surface area contributed by atoms with Gasteiger partial charge >= 0.3 is 5.92 Å². The molecule has 0 atom stereocenters. The van der Waals surface area contributed by atoms with Crippen molar-refractivity contribution in [3.63, 3.8) is 0 Å². The maximum atomic E-state index is 14.5. The lowest BCUT2D eigenvalue weighted by Gasteiger charge is -2.28. The molecule has 0 aliphatic rings. The molecule has 8 nitrogen and oxygen atoms in total. The molecule has 34 heavy (non-hydrogen) atoms. The van der Waals surface area contributed by atoms with Crippen molar-refractivity contribution in [2.45, 2.75) is 38.8 Å². The van der Waals surface area contributed by atoms with Crippen LogP contribution in [0.2, 0.25) is 0 Å². The highest BCUT2D eigenvalue weighted by atomic mass is 19.3. The summed E-state index contributed by atoms with van der Waals surface area (Å²) in [4.78, 5) is 12.8. The molecule has 0 spiro atoms. The molecule has 0 amide bonds. The summed E-state index contributed by atoms with van der Waals surface area (Å²) in [5, 5.41) is 13.0. The Morgan fingerprint density at radius 3 is 2.50 bits per heavy atom. The largest absolute Gasteiger partial charge is 0.493 e. The van der Waals surface area contributed by atoms with Gasteiger partial charge in [0.1, 0.15) is 23.7 Å². The molecule has 1 heterocycles. The van der Waals surface area contributed by atoms with E-state index < -0.39 is 17.2 Å². The van der Waals surface area contributed by atoms with Crippen molar-refractivity contribution >= 4 is 17.7 Å². The molecule has 10 heteroatoms. The Labute approximate surface area is 198 Å². The summed E-state index contributed by atoms with van der Waals surface area (Å²) in [6.07, 6.45) is 1.64. The minimum atomic E-state index is -3.52. The Hall–Kier alpha value is -3.11. The van der Waals surface area contributed by atoms with Gasteiger partial charge in [-0.3, -0.25) is 9.98 Å². The molecule has 2 N–H and O–H groups in total. The first-order valence-corrected chi connectivity index (χ1v) is 10.7. The second-order valence-electron chi connectivity index (χ2n) is 7.82. The number of rotatable bonds is 11. The molecule has 0 bridgehead atoms. The van der Waals surface area contributed by atoms with Gasteiger partial charge in [-0.25, -0.2) is 4.98 Å². The zero-order valence-electron chi connectivity index (χ0n) is 20.4. The number of pyridine rings is 1. The highest BCUT2D eigenvalue weighted by Gasteiger charge is 2.48. The van der Waals surface area contributed by atoms with E-state index in [1.807, 2.05) is 0 Å². The number of aromatic nitrogens is 1. The predicted octanol–water partition coefficient (Wildman–Crippen LogP) is 3.87. The summed E-state index contributed by atoms with van der Waals surface area (Å²) in [5.41, 5.74) is -1.19. The Bertz CT molecular complexity index is 1020. The lowest BCUT2D eigenvalue weighted by molar-refractivity contribution is -0.171. The molecule has 0 aliphatic heterocycles. The molecule has 186 valence electrons. The van der Waals surface area contributed by atoms with Gasteiger partial charge in [0.2, 0.25) is 0 Å². The number of alkyl halides is 2. The van der Waals surface area contributed by atoms with Crippen LogP contribution in [0.15, 0.2) is 40.3 Å². The monoisotopic (exact) mass is 478 g/mol. The van der Waals surface area contributed by atoms with Crippen molar-refractivity contribution in [3.05, 3.63) is 47.3 Å². The summed E-state index contributed by atoms with van der Waals surface area (Å²) in [5.74, 6) is -2.07. The van der Waals surface area contributed by atoms with Gasteiger partial charge in [-0.1, -0.05) is 6.07 Å². The van der Waals surface area contributed by atoms with Gasteiger partial charge in [0, 0.05) is 32.0 Å². The number of amidine groups is 1. The lowest BCUT2D eigenvalue weighted by Crippen LogP contribution is -2.41. The van der Waals surface area contributed by atoms with E-state index in [0.29, 0.717) is 47.5 Å². The molecule has 0 unspecified atom stereocenters. The van der Waals surface area contributed by atoms with Gasteiger partial charge in [-0.05, 0) is 39.0 Å². The van der Waals surface area contributed by atoms with Crippen LogP contribution in [0.1, 0.15) is 37.7 Å². The first-order valence-electron chi connectivity index (χ1n) is 10.7. The van der Waals surface area contributed by atoms with E-state index in [1.54, 1.807) is 45.5 Å². The fourth-order valence-electron chi connectivity index (χ4n) is 3.03. The number of aliphatic imine (C=N–C) groups is 2. The van der Waals surface area contributed by atoms with Crippen molar-refractivity contribution in [3.8, 4) is 11.5 Å². The van der Waals surface area contributed by atoms with E-state index in [1.165, 1.54) is 19.2 Å². The van der Waals surface area contributed by atoms with Gasteiger partial charge < -0.3 is 24.6 Å². The van der Waals surface area contributed by atoms with Crippen LogP contribution < -0.4 is 14.8 Å². The fourth-order valence-corrected chi connectivity index (χ4v) is 3.03. The number of halogens is 2. The predicted molar refractivity (Wildman–Crippen MR) is 128 cm³/mol. The van der Waals surface area contributed by atoms with E-state index in [9.17, 15) is 13.9 Å². The van der Waals surface area contributed by atoms with E-state index in [0.717, 1.165) is 13.8 Å². The number of benzene rings is 1. The number of ether oxygens (including phenoxy) is 3. The van der Waals surface area contributed by atoms with Crippen molar-refractivity contribution < 1.29 is 28.1 Å². The second-order valence-corrected chi connectivity index (χ2v) is 7.82. The topological polar surface area (TPSA) is 97.6 Å². The maximum absolute atomic E-state index is 14.5. The molecule has 2 aromatic rings. The molecule has 1 aromatic carbocycles. The number of nitrogens with one attached hydrogen (secondary N) is 1. The van der Waals surface area contributed by atoms with Crippen LogP contribution in [0.25, 0.3) is 0 Å². The zero-order valence-corrected chi connectivity index (χ0v) is 20.4. The molecule has 1 aromatic heterocycles. The zero-order chi connectivity index (χ0) is 25.4. The molecule has 0 aliphatic carbocycles. The molecule has 0 radical (unpaired) electrons. The fraction of sp³-hybridized carbons (Fsp3) is 0.458. The minimum Gasteiger partial charge on any atom is -0.493 e. The Morgan fingerprint density at radius 1 is 1.18 bits per heavy atom. The van der Waals surface area contributed by atoms with E-state index >= 15 is 0 Å². The van der Waals surface area contributed by atoms with Gasteiger partial charge in [0.05, 0.1) is 31.6 Å². The Balaban J connectivity index is 2.35. The van der Waals surface area contributed by atoms with Crippen LogP contribution in [0.4, 0.5) is 14.5 Å². The summed E-state index contributed by atoms with van der Waals surface area (Å²) in [6.45, 7) is 4.72. The summed E-state index contributed by atoms with van der Waals surface area (Å²) in [6, 6.07) is 7.76. The van der Waals surface area contributed by atoms with Gasteiger partial charge in [-0.2, -0.15) is 8.78 Å². The van der Waals surface area contributed by atoms with Crippen molar-refractivity contribution in [2.24, 2.45) is 9.98 Å². The Kier molecular flexibility index (Phi) is 9.46. The van der Waals surface area contributed by atoms with Crippen LogP contribution in [-0.4, -0.2) is 62.2 Å². The van der Waals surface area contributed by atoms with Crippen LogP contribution in [-0.2, 0) is 17.2 Å². The maximum Gasteiger partial charge on any atom is 0.317 e. The highest BCUT2D eigenvalue weighted by molar-refractivity contribution is 6.04. The molecular formula is C24H32F2N4O4. The number of hydrogen-bond acceptors (Lipinski definition) is 7. The normalized spacial score (nSPS) is 12.8. The smallest absolute Gasteiger partial charge is 0.317 e. The number of methoxy groups -OCH3 is 2. The summed E-state index contributed by atoms with van der Waals surface area (Å²) >= 11 is 0. The minimum absolute atomic E-state index is 0.115. The van der Waals surface area contributed by atoms with Crippen molar-refractivity contribution in [1.29, 1.82) is 0 Å². The van der Waals surface area contributed by atoms with Crippen LogP contribution >= 0.6 is 0 Å². The third-order valence-electron chi connectivity index (χ3n) is 4.91. The molecule has 0 saturated heterocycles. The molecular weight excluding hydrogens is 446 g/mol. The first-order chi connectivity index (χ1) is 16.1. The van der Waals surface area contributed by atoms with E-state index in [4.69, 9.17) is 14.2 Å². The van der Waals surface area contributed by atoms with Gasteiger partial charge in [0.15, 0.2) is 11.5 Å². The van der Waals surface area contributed by atoms with E-state index in [2.05, 4.69) is 20.3 Å². The summed E-state index contributed by atoms with van der Waals surface area (Å²) in [7, 11) is 4.72. The van der Waals surface area contributed by atoms with Gasteiger partial charge in [0.25, 0.3) is 0 Å².